The Morgan fingerprint density at radius 3 is 2.67 bits per heavy atom. The molecule has 0 aromatic carbocycles. The summed E-state index contributed by atoms with van der Waals surface area (Å²) in [6.07, 6.45) is 1.71. The summed E-state index contributed by atoms with van der Waals surface area (Å²) in [5.74, 6) is 1.31. The molecule has 0 aliphatic rings. The quantitative estimate of drug-likeness (QED) is 0.761. The summed E-state index contributed by atoms with van der Waals surface area (Å²) >= 11 is 2.10. The van der Waals surface area contributed by atoms with Gasteiger partial charge >= 0.3 is 0 Å². The zero-order chi connectivity index (χ0) is 9.14. The summed E-state index contributed by atoms with van der Waals surface area (Å²) in [6.45, 7) is 0. The SMILES string of the molecule is COc1nc(I)cnc1N(C)C. The number of rotatable bonds is 2. The Balaban J connectivity index is 3.11. The molecule has 1 rings (SSSR count). The van der Waals surface area contributed by atoms with Crippen LogP contribution in [0.3, 0.4) is 0 Å². The molecule has 1 aromatic rings. The third-order valence-electron chi connectivity index (χ3n) is 1.31. The predicted molar refractivity (Wildman–Crippen MR) is 55.6 cm³/mol. The summed E-state index contributed by atoms with van der Waals surface area (Å²) < 4.78 is 5.90. The van der Waals surface area contributed by atoms with E-state index in [2.05, 4.69) is 32.6 Å². The van der Waals surface area contributed by atoms with Crippen LogP contribution in [0, 0.1) is 3.70 Å². The topological polar surface area (TPSA) is 38.3 Å². The second kappa shape index (κ2) is 3.88. The van der Waals surface area contributed by atoms with Crippen LogP contribution in [0.25, 0.3) is 0 Å². The maximum atomic E-state index is 5.07. The lowest BCUT2D eigenvalue weighted by Gasteiger charge is -2.13. The number of hydrogen-bond acceptors (Lipinski definition) is 4. The van der Waals surface area contributed by atoms with Gasteiger partial charge < -0.3 is 9.64 Å². The number of aromatic nitrogens is 2. The van der Waals surface area contributed by atoms with E-state index in [-0.39, 0.29) is 0 Å². The third kappa shape index (κ3) is 1.96. The number of nitrogens with zero attached hydrogens (tertiary/aromatic N) is 3. The maximum Gasteiger partial charge on any atom is 0.258 e. The zero-order valence-corrected chi connectivity index (χ0v) is 9.36. The molecule has 0 aliphatic carbocycles. The van der Waals surface area contributed by atoms with Gasteiger partial charge in [0.05, 0.1) is 13.3 Å². The Bertz CT molecular complexity index is 277. The van der Waals surface area contributed by atoms with E-state index in [0.29, 0.717) is 5.88 Å². The van der Waals surface area contributed by atoms with Gasteiger partial charge in [-0.25, -0.2) is 9.97 Å². The molecule has 1 heterocycles. The summed E-state index contributed by atoms with van der Waals surface area (Å²) in [7, 11) is 5.39. The van der Waals surface area contributed by atoms with Gasteiger partial charge in [-0.2, -0.15) is 0 Å². The number of ether oxygens (including phenoxy) is 1. The molecule has 0 saturated heterocycles. The number of anilines is 1. The fourth-order valence-electron chi connectivity index (χ4n) is 0.789. The minimum atomic E-state index is 0.562. The van der Waals surface area contributed by atoms with Crippen LogP contribution >= 0.6 is 22.6 Å². The lowest BCUT2D eigenvalue weighted by atomic mass is 10.6. The Kier molecular flexibility index (Phi) is 3.07. The number of methoxy groups -OCH3 is 1. The van der Waals surface area contributed by atoms with Crippen molar-refractivity contribution < 1.29 is 4.74 Å². The molecule has 5 heteroatoms. The second-order valence-corrected chi connectivity index (χ2v) is 3.53. The Labute approximate surface area is 85.1 Å². The fraction of sp³-hybridized carbons (Fsp3) is 0.429. The van der Waals surface area contributed by atoms with E-state index in [1.54, 1.807) is 13.3 Å². The van der Waals surface area contributed by atoms with Crippen molar-refractivity contribution >= 4 is 28.4 Å². The van der Waals surface area contributed by atoms with Gasteiger partial charge in [-0.1, -0.05) is 0 Å². The second-order valence-electron chi connectivity index (χ2n) is 2.42. The fourth-order valence-corrected chi connectivity index (χ4v) is 1.15. The summed E-state index contributed by atoms with van der Waals surface area (Å²) in [6, 6.07) is 0. The number of hydrogen-bond donors (Lipinski definition) is 0. The molecule has 0 fully saturated rings. The molecular formula is C7H10IN3O. The van der Waals surface area contributed by atoms with Gasteiger partial charge in [0.1, 0.15) is 3.70 Å². The highest BCUT2D eigenvalue weighted by Gasteiger charge is 2.07. The van der Waals surface area contributed by atoms with Crippen LogP contribution in [0.15, 0.2) is 6.20 Å². The lowest BCUT2D eigenvalue weighted by Crippen LogP contribution is -2.13. The molecule has 0 unspecified atom stereocenters. The van der Waals surface area contributed by atoms with E-state index >= 15 is 0 Å². The summed E-state index contributed by atoms with van der Waals surface area (Å²) in [5.41, 5.74) is 0. The van der Waals surface area contributed by atoms with Crippen LogP contribution in [0.5, 0.6) is 5.88 Å². The van der Waals surface area contributed by atoms with Crippen molar-refractivity contribution in [2.45, 2.75) is 0 Å². The average Bonchev–Trinajstić information content (AvgIpc) is 2.03. The standard InChI is InChI=1S/C7H10IN3O/c1-11(2)6-7(12-3)10-5(8)4-9-6/h4H,1-3H3. The van der Waals surface area contributed by atoms with Crippen molar-refractivity contribution in [2.75, 3.05) is 26.1 Å². The van der Waals surface area contributed by atoms with E-state index < -0.39 is 0 Å². The first-order valence-electron chi connectivity index (χ1n) is 3.39. The normalized spacial score (nSPS) is 9.67. The van der Waals surface area contributed by atoms with Gasteiger partial charge in [0.15, 0.2) is 5.82 Å². The maximum absolute atomic E-state index is 5.07. The molecule has 0 atom stereocenters. The van der Waals surface area contributed by atoms with Crippen LogP contribution in [0.1, 0.15) is 0 Å². The van der Waals surface area contributed by atoms with Crippen LogP contribution < -0.4 is 9.64 Å². The van der Waals surface area contributed by atoms with Crippen LogP contribution in [-0.2, 0) is 0 Å². The van der Waals surface area contributed by atoms with E-state index in [1.807, 2.05) is 19.0 Å². The molecule has 0 radical (unpaired) electrons. The molecule has 12 heavy (non-hydrogen) atoms. The average molecular weight is 279 g/mol. The Hall–Kier alpha value is -0.590. The Morgan fingerprint density at radius 1 is 1.50 bits per heavy atom. The van der Waals surface area contributed by atoms with Gasteiger partial charge in [0.25, 0.3) is 5.88 Å². The van der Waals surface area contributed by atoms with Crippen molar-refractivity contribution in [1.82, 2.24) is 9.97 Å². The Morgan fingerprint density at radius 2 is 2.17 bits per heavy atom. The van der Waals surface area contributed by atoms with Crippen LogP contribution in [0.4, 0.5) is 5.82 Å². The van der Waals surface area contributed by atoms with E-state index in [0.717, 1.165) is 9.52 Å². The van der Waals surface area contributed by atoms with E-state index in [1.165, 1.54) is 0 Å². The minimum Gasteiger partial charge on any atom is -0.478 e. The molecule has 0 spiro atoms. The summed E-state index contributed by atoms with van der Waals surface area (Å²) in [5, 5.41) is 0. The van der Waals surface area contributed by atoms with Gasteiger partial charge in [0.2, 0.25) is 0 Å². The van der Waals surface area contributed by atoms with Gasteiger partial charge in [-0.15, -0.1) is 0 Å². The molecule has 0 saturated carbocycles. The highest BCUT2D eigenvalue weighted by Crippen LogP contribution is 2.21. The molecule has 0 amide bonds. The molecule has 4 nitrogen and oxygen atoms in total. The highest BCUT2D eigenvalue weighted by atomic mass is 127. The molecule has 1 aromatic heterocycles. The smallest absolute Gasteiger partial charge is 0.258 e. The molecule has 0 bridgehead atoms. The molecule has 66 valence electrons. The first-order chi connectivity index (χ1) is 5.65. The predicted octanol–water partition coefficient (Wildman–Crippen LogP) is 1.16. The molecule has 0 aliphatic heterocycles. The summed E-state index contributed by atoms with van der Waals surface area (Å²) in [4.78, 5) is 10.2. The van der Waals surface area contributed by atoms with Crippen molar-refractivity contribution in [3.63, 3.8) is 0 Å². The monoisotopic (exact) mass is 279 g/mol. The number of halogens is 1. The first-order valence-corrected chi connectivity index (χ1v) is 4.47. The first kappa shape index (κ1) is 9.50. The van der Waals surface area contributed by atoms with E-state index in [4.69, 9.17) is 4.74 Å². The van der Waals surface area contributed by atoms with Gasteiger partial charge in [0, 0.05) is 14.1 Å². The zero-order valence-electron chi connectivity index (χ0n) is 7.21. The van der Waals surface area contributed by atoms with Crippen LogP contribution in [-0.4, -0.2) is 31.2 Å². The minimum absolute atomic E-state index is 0.562. The highest BCUT2D eigenvalue weighted by molar-refractivity contribution is 14.1. The molecule has 0 N–H and O–H groups in total. The van der Waals surface area contributed by atoms with Gasteiger partial charge in [-0.05, 0) is 22.6 Å². The van der Waals surface area contributed by atoms with Crippen molar-refractivity contribution in [2.24, 2.45) is 0 Å². The van der Waals surface area contributed by atoms with Gasteiger partial charge in [-0.3, -0.25) is 0 Å². The van der Waals surface area contributed by atoms with E-state index in [9.17, 15) is 0 Å². The van der Waals surface area contributed by atoms with Crippen molar-refractivity contribution in [3.8, 4) is 5.88 Å². The third-order valence-corrected chi connectivity index (χ3v) is 1.83. The lowest BCUT2D eigenvalue weighted by molar-refractivity contribution is 0.395. The van der Waals surface area contributed by atoms with Crippen molar-refractivity contribution in [1.29, 1.82) is 0 Å². The molecular weight excluding hydrogens is 269 g/mol. The van der Waals surface area contributed by atoms with Crippen molar-refractivity contribution in [3.05, 3.63) is 9.90 Å². The van der Waals surface area contributed by atoms with Crippen LogP contribution in [0.2, 0.25) is 0 Å². The largest absolute Gasteiger partial charge is 0.478 e.